The number of anilines is 3. The predicted molar refractivity (Wildman–Crippen MR) is 131 cm³/mol. The van der Waals surface area contributed by atoms with Gasteiger partial charge in [-0.15, -0.1) is 0 Å². The van der Waals surface area contributed by atoms with Gasteiger partial charge in [-0.3, -0.25) is 9.59 Å². The Morgan fingerprint density at radius 1 is 0.909 bits per heavy atom. The second kappa shape index (κ2) is 10.3. The van der Waals surface area contributed by atoms with E-state index in [1.165, 1.54) is 0 Å². The number of hydrogen-bond donors (Lipinski definition) is 3. The second-order valence-electron chi connectivity index (χ2n) is 6.98. The van der Waals surface area contributed by atoms with Gasteiger partial charge in [0.25, 0.3) is 5.56 Å². The molecular weight excluding hydrogens is 434 g/mol. The Morgan fingerprint density at radius 3 is 2.18 bits per heavy atom. The molecule has 0 fully saturated rings. The van der Waals surface area contributed by atoms with Crippen molar-refractivity contribution < 1.29 is 4.79 Å². The van der Waals surface area contributed by atoms with E-state index in [1.54, 1.807) is 24.3 Å². The van der Waals surface area contributed by atoms with Gasteiger partial charge in [0.05, 0.1) is 11.4 Å². The number of rotatable bonds is 7. The number of carbonyl (C=O) groups excluding carboxylic acids is 1. The molecule has 1 heterocycles. The number of benzene rings is 3. The Morgan fingerprint density at radius 2 is 1.52 bits per heavy atom. The molecule has 0 aliphatic rings. The first kappa shape index (κ1) is 21.9. The van der Waals surface area contributed by atoms with Crippen LogP contribution in [0.2, 0.25) is 0 Å². The van der Waals surface area contributed by atoms with Gasteiger partial charge in [0.15, 0.2) is 5.16 Å². The highest BCUT2D eigenvalue weighted by atomic mass is 32.2. The van der Waals surface area contributed by atoms with Crippen LogP contribution < -0.4 is 16.2 Å². The molecule has 0 radical (unpaired) electrons. The second-order valence-corrected chi connectivity index (χ2v) is 7.94. The lowest BCUT2D eigenvalue weighted by Gasteiger charge is -2.09. The van der Waals surface area contributed by atoms with E-state index in [2.05, 4.69) is 20.6 Å². The van der Waals surface area contributed by atoms with Crippen LogP contribution in [0, 0.1) is 11.3 Å². The third-order valence-corrected chi connectivity index (χ3v) is 5.50. The van der Waals surface area contributed by atoms with Crippen LogP contribution in [0.25, 0.3) is 11.3 Å². The summed E-state index contributed by atoms with van der Waals surface area (Å²) in [5.41, 5.74) is 2.91. The highest BCUT2D eigenvalue weighted by Gasteiger charge is 2.14. The van der Waals surface area contributed by atoms with Gasteiger partial charge >= 0.3 is 0 Å². The minimum absolute atomic E-state index is 0.0487. The van der Waals surface area contributed by atoms with Crippen LogP contribution in [-0.4, -0.2) is 21.6 Å². The number of nitrogens with one attached hydrogen (secondary N) is 3. The molecule has 7 nitrogen and oxygen atoms in total. The summed E-state index contributed by atoms with van der Waals surface area (Å²) in [6, 6.07) is 28.1. The summed E-state index contributed by atoms with van der Waals surface area (Å²) in [6.07, 6.45) is 0. The standard InChI is InChI=1S/C25H19N5O2S/c26-15-21-23(17-7-3-1-4-8-17)29-25(30-24(21)32)33-16-22(31)28-20-13-11-19(12-14-20)27-18-9-5-2-6-10-18/h1-14,27H,16H2,(H,28,31)(H,29,30,32). The largest absolute Gasteiger partial charge is 0.356 e. The highest BCUT2D eigenvalue weighted by molar-refractivity contribution is 7.99. The fourth-order valence-corrected chi connectivity index (χ4v) is 3.75. The lowest BCUT2D eigenvalue weighted by atomic mass is 10.1. The van der Waals surface area contributed by atoms with Gasteiger partial charge in [0.1, 0.15) is 11.6 Å². The van der Waals surface area contributed by atoms with E-state index >= 15 is 0 Å². The molecular formula is C25H19N5O2S. The molecule has 0 atom stereocenters. The summed E-state index contributed by atoms with van der Waals surface area (Å²) in [7, 11) is 0. The van der Waals surface area contributed by atoms with Gasteiger partial charge in [-0.25, -0.2) is 4.98 Å². The predicted octanol–water partition coefficient (Wildman–Crippen LogP) is 4.78. The molecule has 1 aromatic heterocycles. The smallest absolute Gasteiger partial charge is 0.270 e. The van der Waals surface area contributed by atoms with E-state index < -0.39 is 5.56 Å². The van der Waals surface area contributed by atoms with Crippen molar-refractivity contribution in [3.8, 4) is 17.3 Å². The Balaban J connectivity index is 1.39. The number of nitriles is 1. The third kappa shape index (κ3) is 5.67. The molecule has 0 unspecified atom stereocenters. The number of carbonyl (C=O) groups is 1. The first-order chi connectivity index (χ1) is 16.1. The summed E-state index contributed by atoms with van der Waals surface area (Å²) < 4.78 is 0. The Hall–Kier alpha value is -4.35. The number of aromatic amines is 1. The fourth-order valence-electron chi connectivity index (χ4n) is 3.09. The lowest BCUT2D eigenvalue weighted by molar-refractivity contribution is -0.113. The maximum Gasteiger partial charge on any atom is 0.270 e. The summed E-state index contributed by atoms with van der Waals surface area (Å²) in [5, 5.41) is 15.7. The van der Waals surface area contributed by atoms with Crippen molar-refractivity contribution in [2.24, 2.45) is 0 Å². The third-order valence-electron chi connectivity index (χ3n) is 4.63. The van der Waals surface area contributed by atoms with Crippen LogP contribution in [0.15, 0.2) is 94.9 Å². The van der Waals surface area contributed by atoms with Crippen LogP contribution in [0.5, 0.6) is 0 Å². The molecule has 4 rings (SSSR count). The summed E-state index contributed by atoms with van der Waals surface area (Å²) in [6.45, 7) is 0. The summed E-state index contributed by atoms with van der Waals surface area (Å²) in [4.78, 5) is 31.7. The van der Waals surface area contributed by atoms with Crippen molar-refractivity contribution in [2.45, 2.75) is 5.16 Å². The van der Waals surface area contributed by atoms with Crippen molar-refractivity contribution in [2.75, 3.05) is 16.4 Å². The average molecular weight is 454 g/mol. The molecule has 0 saturated heterocycles. The maximum atomic E-state index is 12.4. The number of hydrogen-bond acceptors (Lipinski definition) is 6. The number of para-hydroxylation sites is 1. The fraction of sp³-hybridized carbons (Fsp3) is 0.0400. The zero-order chi connectivity index (χ0) is 23.0. The average Bonchev–Trinajstić information content (AvgIpc) is 2.85. The Labute approximate surface area is 194 Å². The number of thioether (sulfide) groups is 1. The summed E-state index contributed by atoms with van der Waals surface area (Å²) >= 11 is 1.09. The van der Waals surface area contributed by atoms with Gasteiger partial charge in [-0.2, -0.15) is 5.26 Å². The SMILES string of the molecule is N#Cc1c(-c2ccccc2)nc(SCC(=O)Nc2ccc(Nc3ccccc3)cc2)[nH]c1=O. The molecule has 3 aromatic carbocycles. The zero-order valence-electron chi connectivity index (χ0n) is 17.4. The number of nitrogens with zero attached hydrogens (tertiary/aromatic N) is 2. The van der Waals surface area contributed by atoms with Crippen LogP contribution in [-0.2, 0) is 4.79 Å². The van der Waals surface area contributed by atoms with E-state index in [1.807, 2.05) is 66.7 Å². The Kier molecular flexibility index (Phi) is 6.83. The molecule has 1 amide bonds. The van der Waals surface area contributed by atoms with Crippen molar-refractivity contribution in [3.05, 3.63) is 101 Å². The maximum absolute atomic E-state index is 12.4. The van der Waals surface area contributed by atoms with Crippen LogP contribution >= 0.6 is 11.8 Å². The van der Waals surface area contributed by atoms with Gasteiger partial charge in [0.2, 0.25) is 5.91 Å². The van der Waals surface area contributed by atoms with Crippen LogP contribution in [0.3, 0.4) is 0 Å². The molecule has 3 N–H and O–H groups in total. The highest BCUT2D eigenvalue weighted by Crippen LogP contribution is 2.22. The van der Waals surface area contributed by atoms with Crippen molar-refractivity contribution in [1.82, 2.24) is 9.97 Å². The monoisotopic (exact) mass is 453 g/mol. The van der Waals surface area contributed by atoms with Crippen molar-refractivity contribution in [1.29, 1.82) is 5.26 Å². The minimum Gasteiger partial charge on any atom is -0.356 e. The Bertz CT molecular complexity index is 1350. The molecule has 8 heteroatoms. The molecule has 0 bridgehead atoms. The van der Waals surface area contributed by atoms with Gasteiger partial charge in [0, 0.05) is 22.6 Å². The molecule has 0 aliphatic heterocycles. The van der Waals surface area contributed by atoms with E-state index in [0.29, 0.717) is 16.9 Å². The topological polar surface area (TPSA) is 111 Å². The van der Waals surface area contributed by atoms with Crippen molar-refractivity contribution >= 4 is 34.7 Å². The zero-order valence-corrected chi connectivity index (χ0v) is 18.2. The lowest BCUT2D eigenvalue weighted by Crippen LogP contribution is -2.17. The molecule has 0 saturated carbocycles. The van der Waals surface area contributed by atoms with E-state index in [9.17, 15) is 14.9 Å². The quantitative estimate of drug-likeness (QED) is 0.274. The van der Waals surface area contributed by atoms with Gasteiger partial charge in [-0.1, -0.05) is 60.3 Å². The van der Waals surface area contributed by atoms with E-state index in [-0.39, 0.29) is 22.4 Å². The van der Waals surface area contributed by atoms with Crippen LogP contribution in [0.4, 0.5) is 17.1 Å². The van der Waals surface area contributed by atoms with Gasteiger partial charge in [-0.05, 0) is 36.4 Å². The van der Waals surface area contributed by atoms with Crippen LogP contribution in [0.1, 0.15) is 5.56 Å². The van der Waals surface area contributed by atoms with Crippen molar-refractivity contribution in [3.63, 3.8) is 0 Å². The van der Waals surface area contributed by atoms with E-state index in [4.69, 9.17) is 0 Å². The molecule has 0 spiro atoms. The molecule has 33 heavy (non-hydrogen) atoms. The molecule has 162 valence electrons. The molecule has 0 aliphatic carbocycles. The minimum atomic E-state index is -0.532. The van der Waals surface area contributed by atoms with Gasteiger partial charge < -0.3 is 15.6 Å². The molecule has 4 aromatic rings. The summed E-state index contributed by atoms with van der Waals surface area (Å²) in [5.74, 6) is -0.190. The number of amides is 1. The first-order valence-electron chi connectivity index (χ1n) is 10.1. The number of aromatic nitrogens is 2. The normalized spacial score (nSPS) is 10.3. The number of H-pyrrole nitrogens is 1. The first-order valence-corrected chi connectivity index (χ1v) is 11.1. The van der Waals surface area contributed by atoms with E-state index in [0.717, 1.165) is 23.1 Å².